The minimum absolute atomic E-state index is 0.00402. The molecule has 1 N–H and O–H groups in total. The first kappa shape index (κ1) is 18.7. The van der Waals surface area contributed by atoms with Gasteiger partial charge in [-0.25, -0.2) is 4.98 Å². The average molecular weight is 390 g/mol. The molecule has 148 valence electrons. The van der Waals surface area contributed by atoms with Crippen LogP contribution in [-0.2, 0) is 22.7 Å². The largest absolute Gasteiger partial charge is 0.482 e. The van der Waals surface area contributed by atoms with Crippen LogP contribution in [0.2, 0.25) is 0 Å². The summed E-state index contributed by atoms with van der Waals surface area (Å²) in [5.74, 6) is 0.442. The molecule has 2 heterocycles. The fraction of sp³-hybridized carbons (Fsp3) is 0.227. The van der Waals surface area contributed by atoms with Gasteiger partial charge in [-0.05, 0) is 23.3 Å². The maximum atomic E-state index is 12.3. The molecule has 0 unspecified atom stereocenters. The Labute approximate surface area is 168 Å². The number of rotatable bonds is 7. The van der Waals surface area contributed by atoms with Crippen LogP contribution >= 0.6 is 0 Å². The van der Waals surface area contributed by atoms with E-state index in [0.717, 1.165) is 12.1 Å². The Hall–Kier alpha value is -3.61. The highest BCUT2D eigenvalue weighted by atomic mass is 16.5. The van der Waals surface area contributed by atoms with E-state index in [4.69, 9.17) is 4.74 Å². The van der Waals surface area contributed by atoms with Gasteiger partial charge >= 0.3 is 0 Å². The van der Waals surface area contributed by atoms with Crippen molar-refractivity contribution in [1.82, 2.24) is 14.9 Å². The summed E-state index contributed by atoms with van der Waals surface area (Å²) in [6.07, 6.45) is 5.70. The van der Waals surface area contributed by atoms with Crippen LogP contribution in [-0.4, -0.2) is 34.5 Å². The number of nitrogens with zero attached hydrogens (tertiary/aromatic N) is 3. The van der Waals surface area contributed by atoms with Gasteiger partial charge in [0.15, 0.2) is 6.61 Å². The molecule has 0 saturated carbocycles. The molecule has 7 nitrogen and oxygen atoms in total. The highest BCUT2D eigenvalue weighted by Gasteiger charge is 2.25. The molecular formula is C22H22N4O3. The molecule has 0 atom stereocenters. The molecule has 2 amide bonds. The van der Waals surface area contributed by atoms with Crippen LogP contribution < -0.4 is 15.0 Å². The summed E-state index contributed by atoms with van der Waals surface area (Å²) in [5, 5.41) is 2.92. The van der Waals surface area contributed by atoms with Crippen LogP contribution in [0.4, 0.5) is 5.69 Å². The van der Waals surface area contributed by atoms with Crippen molar-refractivity contribution in [2.45, 2.75) is 19.5 Å². The predicted molar refractivity (Wildman–Crippen MR) is 109 cm³/mol. The second kappa shape index (κ2) is 8.60. The Kier molecular flexibility index (Phi) is 5.56. The highest BCUT2D eigenvalue weighted by Crippen LogP contribution is 2.31. The number of amides is 2. The molecule has 4 rings (SSSR count). The number of benzene rings is 2. The Bertz CT molecular complexity index is 984. The molecule has 7 heteroatoms. The van der Waals surface area contributed by atoms with E-state index in [-0.39, 0.29) is 24.8 Å². The van der Waals surface area contributed by atoms with Gasteiger partial charge in [0, 0.05) is 38.4 Å². The molecule has 0 saturated heterocycles. The number of nitrogens with one attached hydrogen (secondary N) is 1. The first-order valence-corrected chi connectivity index (χ1v) is 9.51. The van der Waals surface area contributed by atoms with Gasteiger partial charge in [-0.3, -0.25) is 9.59 Å². The van der Waals surface area contributed by atoms with Crippen LogP contribution in [0.3, 0.4) is 0 Å². The number of fused-ring (bicyclic) bond motifs is 1. The normalized spacial score (nSPS) is 13.0. The lowest BCUT2D eigenvalue weighted by Crippen LogP contribution is -2.41. The maximum Gasteiger partial charge on any atom is 0.265 e. The van der Waals surface area contributed by atoms with E-state index in [9.17, 15) is 9.59 Å². The van der Waals surface area contributed by atoms with Gasteiger partial charge in [-0.2, -0.15) is 0 Å². The van der Waals surface area contributed by atoms with Crippen LogP contribution in [0.1, 0.15) is 17.5 Å². The van der Waals surface area contributed by atoms with Gasteiger partial charge in [0.05, 0.1) is 12.0 Å². The predicted octanol–water partition coefficient (Wildman–Crippen LogP) is 2.36. The second-order valence-corrected chi connectivity index (χ2v) is 6.88. The Morgan fingerprint density at radius 2 is 1.90 bits per heavy atom. The van der Waals surface area contributed by atoms with E-state index >= 15 is 0 Å². The van der Waals surface area contributed by atoms with E-state index in [1.165, 1.54) is 5.56 Å². The fourth-order valence-electron chi connectivity index (χ4n) is 3.26. The van der Waals surface area contributed by atoms with Gasteiger partial charge in [0.1, 0.15) is 5.75 Å². The standard InChI is InChI=1S/C22H22N4O3/c27-21(9-11-26-19-3-1-2-4-20(19)29-15-22(26)28)24-13-17-5-7-18(8-6-17)14-25-12-10-23-16-25/h1-8,10,12,16H,9,11,13-15H2,(H,24,27). The van der Waals surface area contributed by atoms with Crippen LogP contribution in [0.5, 0.6) is 5.75 Å². The van der Waals surface area contributed by atoms with E-state index in [0.29, 0.717) is 24.5 Å². The Morgan fingerprint density at radius 1 is 1.10 bits per heavy atom. The SMILES string of the molecule is O=C(CCN1C(=O)COc2ccccc21)NCc1ccc(Cn2ccnc2)cc1. The van der Waals surface area contributed by atoms with Gasteiger partial charge in [-0.15, -0.1) is 0 Å². The Morgan fingerprint density at radius 3 is 2.69 bits per heavy atom. The lowest BCUT2D eigenvalue weighted by Gasteiger charge is -2.29. The van der Waals surface area contributed by atoms with Crippen molar-refractivity contribution in [2.24, 2.45) is 0 Å². The molecule has 1 aliphatic rings. The number of carbonyl (C=O) groups excluding carboxylic acids is 2. The van der Waals surface area contributed by atoms with Gasteiger partial charge in [0.25, 0.3) is 5.91 Å². The van der Waals surface area contributed by atoms with E-state index in [2.05, 4.69) is 10.3 Å². The summed E-state index contributed by atoms with van der Waals surface area (Å²) in [5.41, 5.74) is 2.91. The second-order valence-electron chi connectivity index (χ2n) is 6.88. The summed E-state index contributed by atoms with van der Waals surface area (Å²) in [7, 11) is 0. The number of anilines is 1. The van der Waals surface area contributed by atoms with Crippen molar-refractivity contribution in [3.05, 3.63) is 78.4 Å². The van der Waals surface area contributed by atoms with Gasteiger partial charge in [0.2, 0.25) is 5.91 Å². The average Bonchev–Trinajstić information content (AvgIpc) is 3.25. The molecule has 0 bridgehead atoms. The number of hydrogen-bond acceptors (Lipinski definition) is 4. The molecule has 0 spiro atoms. The quantitative estimate of drug-likeness (QED) is 0.672. The van der Waals surface area contributed by atoms with Crippen molar-refractivity contribution in [3.63, 3.8) is 0 Å². The maximum absolute atomic E-state index is 12.3. The zero-order valence-corrected chi connectivity index (χ0v) is 16.0. The first-order chi connectivity index (χ1) is 14.2. The molecule has 0 aliphatic carbocycles. The molecule has 29 heavy (non-hydrogen) atoms. The summed E-state index contributed by atoms with van der Waals surface area (Å²) in [6.45, 7) is 1.55. The summed E-state index contributed by atoms with van der Waals surface area (Å²) >= 11 is 0. The molecule has 1 aromatic heterocycles. The number of ether oxygens (including phenoxy) is 1. The summed E-state index contributed by atoms with van der Waals surface area (Å²) in [6, 6.07) is 15.5. The minimum Gasteiger partial charge on any atom is -0.482 e. The Balaban J connectivity index is 1.27. The van der Waals surface area contributed by atoms with Crippen molar-refractivity contribution in [2.75, 3.05) is 18.1 Å². The molecule has 3 aromatic rings. The lowest BCUT2D eigenvalue weighted by atomic mass is 10.1. The van der Waals surface area contributed by atoms with E-state index < -0.39 is 0 Å². The van der Waals surface area contributed by atoms with E-state index in [1.54, 1.807) is 17.4 Å². The first-order valence-electron chi connectivity index (χ1n) is 9.51. The zero-order valence-electron chi connectivity index (χ0n) is 16.0. The molecule has 0 fully saturated rings. The molecule has 0 radical (unpaired) electrons. The smallest absolute Gasteiger partial charge is 0.265 e. The molecule has 1 aliphatic heterocycles. The van der Waals surface area contributed by atoms with Crippen molar-refractivity contribution in [3.8, 4) is 5.75 Å². The number of carbonyl (C=O) groups is 2. The topological polar surface area (TPSA) is 76.5 Å². The van der Waals surface area contributed by atoms with Gasteiger partial charge in [-0.1, -0.05) is 36.4 Å². The van der Waals surface area contributed by atoms with Gasteiger partial charge < -0.3 is 19.5 Å². The number of para-hydroxylation sites is 2. The summed E-state index contributed by atoms with van der Waals surface area (Å²) < 4.78 is 7.43. The third-order valence-corrected chi connectivity index (χ3v) is 4.81. The molecule has 2 aromatic carbocycles. The van der Waals surface area contributed by atoms with Crippen LogP contribution in [0.15, 0.2) is 67.3 Å². The number of imidazole rings is 1. The van der Waals surface area contributed by atoms with E-state index in [1.807, 2.05) is 59.3 Å². The third kappa shape index (κ3) is 4.63. The minimum atomic E-state index is -0.134. The van der Waals surface area contributed by atoms with Crippen LogP contribution in [0.25, 0.3) is 0 Å². The van der Waals surface area contributed by atoms with Crippen molar-refractivity contribution in [1.29, 1.82) is 0 Å². The number of hydrogen-bond donors (Lipinski definition) is 1. The third-order valence-electron chi connectivity index (χ3n) is 4.81. The fourth-order valence-corrected chi connectivity index (χ4v) is 3.26. The number of aromatic nitrogens is 2. The van der Waals surface area contributed by atoms with Crippen molar-refractivity contribution >= 4 is 17.5 Å². The molecular weight excluding hydrogens is 368 g/mol. The lowest BCUT2D eigenvalue weighted by molar-refractivity contribution is -0.122. The monoisotopic (exact) mass is 390 g/mol. The highest BCUT2D eigenvalue weighted by molar-refractivity contribution is 5.98. The van der Waals surface area contributed by atoms with Crippen LogP contribution in [0, 0.1) is 0 Å². The summed E-state index contributed by atoms with van der Waals surface area (Å²) in [4.78, 5) is 30.1. The zero-order chi connectivity index (χ0) is 20.1. The van der Waals surface area contributed by atoms with Crippen molar-refractivity contribution < 1.29 is 14.3 Å².